The highest BCUT2D eigenvalue weighted by Gasteiger charge is 2.50. The second-order valence-electron chi connectivity index (χ2n) is 2.84. The standard InChI is InChI=1S/C8H9ClO5P/c9-7-1-2-8-6(3-7)4-12-15(11,14-8)13-5-10/h1-3,10-11H,4-5H2/q+1. The maximum Gasteiger partial charge on any atom is 0.621 e. The van der Waals surface area contributed by atoms with E-state index in [0.717, 1.165) is 5.56 Å². The maximum absolute atomic E-state index is 9.64. The zero-order chi connectivity index (χ0) is 10.9. The molecule has 0 saturated carbocycles. The van der Waals surface area contributed by atoms with Gasteiger partial charge in [0.05, 0.1) is 0 Å². The van der Waals surface area contributed by atoms with Crippen LogP contribution in [0.2, 0.25) is 5.02 Å². The summed E-state index contributed by atoms with van der Waals surface area (Å²) >= 11 is 5.77. The molecular weight excluding hydrogens is 243 g/mol. The molecule has 2 rings (SSSR count). The van der Waals surface area contributed by atoms with Crippen LogP contribution in [0.1, 0.15) is 5.56 Å². The molecule has 0 bridgehead atoms. The monoisotopic (exact) mass is 251 g/mol. The van der Waals surface area contributed by atoms with Crippen molar-refractivity contribution in [3.63, 3.8) is 0 Å². The lowest BCUT2D eigenvalue weighted by molar-refractivity contribution is 0.0284. The highest BCUT2D eigenvalue weighted by atomic mass is 35.5. The van der Waals surface area contributed by atoms with E-state index in [1.54, 1.807) is 18.2 Å². The second kappa shape index (κ2) is 4.22. The Morgan fingerprint density at radius 2 is 2.33 bits per heavy atom. The maximum atomic E-state index is 9.64. The van der Waals surface area contributed by atoms with Crippen molar-refractivity contribution in [3.8, 4) is 5.75 Å². The molecule has 0 radical (unpaired) electrons. The fraction of sp³-hybridized carbons (Fsp3) is 0.250. The molecule has 2 N–H and O–H groups in total. The largest absolute Gasteiger partial charge is 0.621 e. The summed E-state index contributed by atoms with van der Waals surface area (Å²) in [5.41, 5.74) is 0.730. The van der Waals surface area contributed by atoms with Gasteiger partial charge in [-0.1, -0.05) is 11.6 Å². The number of aliphatic hydroxyl groups excluding tert-OH is 1. The lowest BCUT2D eigenvalue weighted by atomic mass is 10.2. The van der Waals surface area contributed by atoms with Gasteiger partial charge in [0.2, 0.25) is 0 Å². The molecule has 1 aliphatic heterocycles. The molecule has 1 aromatic rings. The summed E-state index contributed by atoms with van der Waals surface area (Å²) in [6, 6.07) is 4.93. The molecule has 7 heteroatoms. The molecule has 1 atom stereocenters. The number of benzene rings is 1. The van der Waals surface area contributed by atoms with E-state index >= 15 is 0 Å². The third kappa shape index (κ3) is 2.39. The van der Waals surface area contributed by atoms with Crippen molar-refractivity contribution in [1.82, 2.24) is 0 Å². The number of fused-ring (bicyclic) bond motifs is 1. The molecular formula is C8H9ClO5P+. The van der Waals surface area contributed by atoms with Crippen LogP contribution in [0.4, 0.5) is 0 Å². The molecule has 0 aromatic heterocycles. The highest BCUT2D eigenvalue weighted by molar-refractivity contribution is 7.55. The molecule has 0 spiro atoms. The summed E-state index contributed by atoms with van der Waals surface area (Å²) in [4.78, 5) is 9.64. The van der Waals surface area contributed by atoms with E-state index in [-0.39, 0.29) is 6.61 Å². The average Bonchev–Trinajstić information content (AvgIpc) is 2.19. The topological polar surface area (TPSA) is 68.2 Å². The van der Waals surface area contributed by atoms with Crippen molar-refractivity contribution in [1.29, 1.82) is 0 Å². The van der Waals surface area contributed by atoms with Crippen molar-refractivity contribution in [2.75, 3.05) is 6.79 Å². The SMILES string of the molecule is OCO[P+]1(O)OCc2cc(Cl)ccc2O1. The minimum Gasteiger partial charge on any atom is -0.367 e. The zero-order valence-electron chi connectivity index (χ0n) is 7.59. The molecule has 5 nitrogen and oxygen atoms in total. The fourth-order valence-electron chi connectivity index (χ4n) is 1.19. The molecule has 1 unspecified atom stereocenters. The Morgan fingerprint density at radius 3 is 3.07 bits per heavy atom. The van der Waals surface area contributed by atoms with Gasteiger partial charge in [0.25, 0.3) is 0 Å². The Hall–Kier alpha value is -0.420. The summed E-state index contributed by atoms with van der Waals surface area (Å²) in [7, 11) is -3.40. The Labute approximate surface area is 91.8 Å². The van der Waals surface area contributed by atoms with E-state index in [9.17, 15) is 4.89 Å². The summed E-state index contributed by atoms with van der Waals surface area (Å²) in [6.07, 6.45) is 0. The van der Waals surface area contributed by atoms with Gasteiger partial charge in [-0.3, -0.25) is 4.52 Å². The molecule has 1 aromatic carbocycles. The quantitative estimate of drug-likeness (QED) is 0.620. The number of rotatable bonds is 2. The minimum absolute atomic E-state index is 0.139. The molecule has 0 aliphatic carbocycles. The summed E-state index contributed by atoms with van der Waals surface area (Å²) in [6.45, 7) is -0.520. The van der Waals surface area contributed by atoms with Gasteiger partial charge in [0, 0.05) is 10.6 Å². The van der Waals surface area contributed by atoms with E-state index in [2.05, 4.69) is 4.52 Å². The van der Waals surface area contributed by atoms with Crippen LogP contribution in [-0.4, -0.2) is 16.8 Å². The lowest BCUT2D eigenvalue weighted by Gasteiger charge is -2.20. The van der Waals surface area contributed by atoms with Crippen LogP contribution in [-0.2, 0) is 15.7 Å². The van der Waals surface area contributed by atoms with Crippen LogP contribution in [0.25, 0.3) is 0 Å². The van der Waals surface area contributed by atoms with Crippen LogP contribution in [0, 0.1) is 0 Å². The van der Waals surface area contributed by atoms with Crippen LogP contribution in [0.15, 0.2) is 18.2 Å². The second-order valence-corrected chi connectivity index (χ2v) is 4.92. The smallest absolute Gasteiger partial charge is 0.367 e. The molecule has 15 heavy (non-hydrogen) atoms. The summed E-state index contributed by atoms with van der Waals surface area (Å²) < 4.78 is 14.7. The number of hydrogen-bond acceptors (Lipinski definition) is 5. The average molecular weight is 252 g/mol. The third-order valence-electron chi connectivity index (χ3n) is 1.84. The molecule has 0 amide bonds. The predicted octanol–water partition coefficient (Wildman–Crippen LogP) is 1.89. The molecule has 1 heterocycles. The Kier molecular flexibility index (Phi) is 3.11. The van der Waals surface area contributed by atoms with Gasteiger partial charge in [-0.2, -0.15) is 4.89 Å². The number of halogens is 1. The molecule has 1 aliphatic rings. The van der Waals surface area contributed by atoms with E-state index in [0.29, 0.717) is 10.8 Å². The van der Waals surface area contributed by atoms with E-state index in [1.165, 1.54) is 0 Å². The first-order valence-electron chi connectivity index (χ1n) is 4.13. The molecule has 0 fully saturated rings. The Balaban J connectivity index is 2.23. The Morgan fingerprint density at radius 1 is 1.53 bits per heavy atom. The van der Waals surface area contributed by atoms with Gasteiger partial charge in [-0.05, 0) is 18.2 Å². The van der Waals surface area contributed by atoms with E-state index < -0.39 is 15.0 Å². The van der Waals surface area contributed by atoms with Gasteiger partial charge in [-0.25, -0.2) is 0 Å². The van der Waals surface area contributed by atoms with Crippen LogP contribution < -0.4 is 4.52 Å². The van der Waals surface area contributed by atoms with Crippen molar-refractivity contribution in [2.45, 2.75) is 6.61 Å². The van der Waals surface area contributed by atoms with Gasteiger partial charge >= 0.3 is 8.17 Å². The van der Waals surface area contributed by atoms with Gasteiger partial charge < -0.3 is 5.11 Å². The Bertz CT molecular complexity index is 374. The predicted molar refractivity (Wildman–Crippen MR) is 54.2 cm³/mol. The van der Waals surface area contributed by atoms with Crippen LogP contribution in [0.5, 0.6) is 5.75 Å². The van der Waals surface area contributed by atoms with Crippen LogP contribution in [0.3, 0.4) is 0 Å². The zero-order valence-corrected chi connectivity index (χ0v) is 9.24. The normalized spacial score (nSPS) is 24.5. The summed E-state index contributed by atoms with van der Waals surface area (Å²) in [5.74, 6) is 0.454. The third-order valence-corrected chi connectivity index (χ3v) is 3.40. The van der Waals surface area contributed by atoms with Crippen molar-refractivity contribution < 1.29 is 23.6 Å². The first kappa shape index (κ1) is 11.1. The van der Waals surface area contributed by atoms with Gasteiger partial charge in [-0.15, -0.1) is 9.05 Å². The number of hydrogen-bond donors (Lipinski definition) is 2. The number of aliphatic hydroxyl groups is 1. The van der Waals surface area contributed by atoms with Gasteiger partial charge in [0.1, 0.15) is 6.61 Å². The van der Waals surface area contributed by atoms with Gasteiger partial charge in [0.15, 0.2) is 12.5 Å². The minimum atomic E-state index is -3.40. The first-order chi connectivity index (χ1) is 7.13. The van der Waals surface area contributed by atoms with Crippen molar-refractivity contribution in [2.24, 2.45) is 0 Å². The first-order valence-corrected chi connectivity index (χ1v) is 6.00. The molecule has 82 valence electrons. The van der Waals surface area contributed by atoms with Crippen LogP contribution >= 0.6 is 19.8 Å². The summed E-state index contributed by atoms with van der Waals surface area (Å²) in [5, 5.41) is 9.10. The van der Waals surface area contributed by atoms with Crippen molar-refractivity contribution in [3.05, 3.63) is 28.8 Å². The van der Waals surface area contributed by atoms with E-state index in [4.69, 9.17) is 25.8 Å². The fourth-order valence-corrected chi connectivity index (χ4v) is 2.44. The molecule has 0 saturated heterocycles. The highest BCUT2D eigenvalue weighted by Crippen LogP contribution is 2.61. The lowest BCUT2D eigenvalue weighted by Crippen LogP contribution is -2.15. The van der Waals surface area contributed by atoms with Crippen molar-refractivity contribution >= 4 is 19.8 Å². The van der Waals surface area contributed by atoms with E-state index in [1.807, 2.05) is 0 Å².